The Bertz CT molecular complexity index is 818. The molecule has 0 saturated heterocycles. The van der Waals surface area contributed by atoms with E-state index in [1.807, 2.05) is 22.8 Å². The molecule has 2 aromatic heterocycles. The van der Waals surface area contributed by atoms with Gasteiger partial charge in [-0.25, -0.2) is 0 Å². The Morgan fingerprint density at radius 3 is 2.85 bits per heavy atom. The molecule has 0 aliphatic heterocycles. The molecule has 3 aromatic rings. The lowest BCUT2D eigenvalue weighted by Crippen LogP contribution is -2.34. The van der Waals surface area contributed by atoms with Crippen LogP contribution in [0.25, 0.3) is 0 Å². The number of carbonyl (C=O) groups excluding carboxylic acids is 1. The van der Waals surface area contributed by atoms with Gasteiger partial charge in [-0.2, -0.15) is 0 Å². The van der Waals surface area contributed by atoms with E-state index in [9.17, 15) is 4.79 Å². The van der Waals surface area contributed by atoms with Gasteiger partial charge in [-0.3, -0.25) is 4.79 Å². The molecule has 0 bridgehead atoms. The van der Waals surface area contributed by atoms with Crippen LogP contribution in [0.5, 0.6) is 0 Å². The molecule has 27 heavy (non-hydrogen) atoms. The number of thiophene rings is 1. The number of aromatic nitrogens is 3. The Kier molecular flexibility index (Phi) is 7.47. The molecule has 5 nitrogen and oxygen atoms in total. The lowest BCUT2D eigenvalue weighted by Gasteiger charge is -2.13. The van der Waals surface area contributed by atoms with Gasteiger partial charge in [0.2, 0.25) is 5.91 Å². The van der Waals surface area contributed by atoms with E-state index < -0.39 is 0 Å². The van der Waals surface area contributed by atoms with Crippen LogP contribution < -0.4 is 5.32 Å². The van der Waals surface area contributed by atoms with Gasteiger partial charge in [-0.05, 0) is 43.2 Å². The van der Waals surface area contributed by atoms with Crippen molar-refractivity contribution in [3.05, 3.63) is 64.6 Å². The van der Waals surface area contributed by atoms with Gasteiger partial charge in [-0.1, -0.05) is 48.2 Å². The van der Waals surface area contributed by atoms with Gasteiger partial charge in [0.25, 0.3) is 0 Å². The third-order valence-electron chi connectivity index (χ3n) is 4.21. The average molecular weight is 401 g/mol. The first-order chi connectivity index (χ1) is 13.2. The monoisotopic (exact) mass is 400 g/mol. The Labute approximate surface area is 168 Å². The second kappa shape index (κ2) is 10.3. The minimum Gasteiger partial charge on any atom is -0.353 e. The molecule has 0 radical (unpaired) electrons. The van der Waals surface area contributed by atoms with Crippen molar-refractivity contribution < 1.29 is 4.79 Å². The summed E-state index contributed by atoms with van der Waals surface area (Å²) in [6.45, 7) is 2.87. The molecule has 3 rings (SSSR count). The van der Waals surface area contributed by atoms with Gasteiger partial charge < -0.3 is 9.88 Å². The van der Waals surface area contributed by atoms with Crippen LogP contribution in [0.1, 0.15) is 23.8 Å². The lowest BCUT2D eigenvalue weighted by atomic mass is 10.1. The van der Waals surface area contributed by atoms with Crippen molar-refractivity contribution in [1.29, 1.82) is 0 Å². The number of nitrogens with zero attached hydrogens (tertiary/aromatic N) is 3. The third-order valence-corrected chi connectivity index (χ3v) is 6.12. The number of amides is 1. The Balaban J connectivity index is 1.39. The fourth-order valence-electron chi connectivity index (χ4n) is 2.74. The van der Waals surface area contributed by atoms with Crippen molar-refractivity contribution in [3.8, 4) is 0 Å². The van der Waals surface area contributed by atoms with Gasteiger partial charge in [0.15, 0.2) is 5.16 Å². The van der Waals surface area contributed by atoms with E-state index in [1.54, 1.807) is 17.7 Å². The molecule has 0 unspecified atom stereocenters. The quantitative estimate of drug-likeness (QED) is 0.526. The van der Waals surface area contributed by atoms with E-state index in [1.165, 1.54) is 22.2 Å². The van der Waals surface area contributed by atoms with Crippen LogP contribution in [0.2, 0.25) is 0 Å². The molecule has 0 saturated carbocycles. The molecule has 142 valence electrons. The molecular formula is C20H24N4OS2. The topological polar surface area (TPSA) is 59.8 Å². The highest BCUT2D eigenvalue weighted by Crippen LogP contribution is 2.16. The zero-order chi connectivity index (χ0) is 18.9. The van der Waals surface area contributed by atoms with Crippen LogP contribution in [0, 0.1) is 0 Å². The normalized spacial score (nSPS) is 12.0. The SMILES string of the molecule is C[C@@H](CCc1ccccc1)NC(=O)CSc1nncn1CCc1cccs1. The fraction of sp³-hybridized carbons (Fsp3) is 0.350. The molecule has 1 atom stereocenters. The van der Waals surface area contributed by atoms with Crippen LogP contribution in [-0.4, -0.2) is 32.5 Å². The summed E-state index contributed by atoms with van der Waals surface area (Å²) >= 11 is 3.19. The first kappa shape index (κ1) is 19.6. The van der Waals surface area contributed by atoms with Crippen LogP contribution in [-0.2, 0) is 24.2 Å². The zero-order valence-corrected chi connectivity index (χ0v) is 17.0. The van der Waals surface area contributed by atoms with E-state index >= 15 is 0 Å². The lowest BCUT2D eigenvalue weighted by molar-refractivity contribution is -0.119. The predicted molar refractivity (Wildman–Crippen MR) is 111 cm³/mol. The second-order valence-electron chi connectivity index (χ2n) is 6.42. The van der Waals surface area contributed by atoms with E-state index in [-0.39, 0.29) is 11.9 Å². The second-order valence-corrected chi connectivity index (χ2v) is 8.39. The highest BCUT2D eigenvalue weighted by Gasteiger charge is 2.11. The number of hydrogen-bond donors (Lipinski definition) is 1. The molecule has 1 aromatic carbocycles. The van der Waals surface area contributed by atoms with E-state index in [0.29, 0.717) is 5.75 Å². The molecule has 7 heteroatoms. The predicted octanol–water partition coefficient (Wildman–Crippen LogP) is 3.81. The Morgan fingerprint density at radius 1 is 1.22 bits per heavy atom. The molecule has 2 heterocycles. The van der Waals surface area contributed by atoms with Gasteiger partial charge in [-0.15, -0.1) is 21.5 Å². The maximum absolute atomic E-state index is 12.2. The average Bonchev–Trinajstić information content (AvgIpc) is 3.35. The van der Waals surface area contributed by atoms with Crippen molar-refractivity contribution in [3.63, 3.8) is 0 Å². The number of aryl methyl sites for hydroxylation is 3. The van der Waals surface area contributed by atoms with Gasteiger partial charge in [0.1, 0.15) is 6.33 Å². The molecule has 0 fully saturated rings. The van der Waals surface area contributed by atoms with Crippen LogP contribution in [0.4, 0.5) is 0 Å². The first-order valence-corrected chi connectivity index (χ1v) is 10.9. The molecule has 0 aliphatic rings. The number of nitrogens with one attached hydrogen (secondary N) is 1. The minimum atomic E-state index is 0.0355. The summed E-state index contributed by atoms with van der Waals surface area (Å²) in [5.74, 6) is 0.390. The molecule has 1 amide bonds. The smallest absolute Gasteiger partial charge is 0.230 e. The Morgan fingerprint density at radius 2 is 2.07 bits per heavy atom. The molecule has 0 spiro atoms. The maximum Gasteiger partial charge on any atom is 0.230 e. The van der Waals surface area contributed by atoms with Crippen molar-refractivity contribution in [2.75, 3.05) is 5.75 Å². The summed E-state index contributed by atoms with van der Waals surface area (Å²) in [7, 11) is 0. The summed E-state index contributed by atoms with van der Waals surface area (Å²) < 4.78 is 2.01. The number of hydrogen-bond acceptors (Lipinski definition) is 5. The molecule has 0 aliphatic carbocycles. The highest BCUT2D eigenvalue weighted by atomic mass is 32.2. The Hall–Kier alpha value is -2.12. The highest BCUT2D eigenvalue weighted by molar-refractivity contribution is 7.99. The summed E-state index contributed by atoms with van der Waals surface area (Å²) in [6.07, 6.45) is 4.58. The summed E-state index contributed by atoms with van der Waals surface area (Å²) in [5.41, 5.74) is 1.30. The van der Waals surface area contributed by atoms with E-state index in [2.05, 4.69) is 52.1 Å². The summed E-state index contributed by atoms with van der Waals surface area (Å²) in [5, 5.41) is 14.1. The number of thioether (sulfide) groups is 1. The van der Waals surface area contributed by atoms with Crippen molar-refractivity contribution in [2.24, 2.45) is 0 Å². The maximum atomic E-state index is 12.2. The van der Waals surface area contributed by atoms with Gasteiger partial charge in [0, 0.05) is 17.5 Å². The number of rotatable bonds is 10. The van der Waals surface area contributed by atoms with E-state index in [0.717, 1.165) is 31.0 Å². The first-order valence-electron chi connectivity index (χ1n) is 9.07. The summed E-state index contributed by atoms with van der Waals surface area (Å²) in [4.78, 5) is 13.6. The van der Waals surface area contributed by atoms with Crippen LogP contribution in [0.3, 0.4) is 0 Å². The standard InChI is InChI=1S/C20H24N4OS2/c1-16(9-10-17-6-3-2-4-7-17)22-19(25)14-27-20-23-21-15-24(20)12-11-18-8-5-13-26-18/h2-8,13,15-16H,9-12,14H2,1H3,(H,22,25)/t16-/m0/s1. The third kappa shape index (κ3) is 6.52. The summed E-state index contributed by atoms with van der Waals surface area (Å²) in [6, 6.07) is 14.7. The van der Waals surface area contributed by atoms with Crippen molar-refractivity contribution in [1.82, 2.24) is 20.1 Å². The number of benzene rings is 1. The largest absolute Gasteiger partial charge is 0.353 e. The molecular weight excluding hydrogens is 376 g/mol. The van der Waals surface area contributed by atoms with Gasteiger partial charge >= 0.3 is 0 Å². The van der Waals surface area contributed by atoms with E-state index in [4.69, 9.17) is 0 Å². The van der Waals surface area contributed by atoms with Crippen LogP contribution in [0.15, 0.2) is 59.3 Å². The zero-order valence-electron chi connectivity index (χ0n) is 15.4. The van der Waals surface area contributed by atoms with Gasteiger partial charge in [0.05, 0.1) is 5.75 Å². The fourth-order valence-corrected chi connectivity index (χ4v) is 4.19. The van der Waals surface area contributed by atoms with Crippen LogP contribution >= 0.6 is 23.1 Å². The van der Waals surface area contributed by atoms with Crippen molar-refractivity contribution in [2.45, 2.75) is 43.9 Å². The number of carbonyl (C=O) groups is 1. The van der Waals surface area contributed by atoms with Crippen molar-refractivity contribution >= 4 is 29.0 Å². The molecule has 1 N–H and O–H groups in total. The minimum absolute atomic E-state index is 0.0355.